The van der Waals surface area contributed by atoms with Gasteiger partial charge in [-0.1, -0.05) is 0 Å². The molecular formula is C11H20N4. The monoisotopic (exact) mass is 208 g/mol. The molecule has 1 saturated heterocycles. The molecule has 4 heteroatoms. The molecule has 0 aromatic carbocycles. The first-order valence-corrected chi connectivity index (χ1v) is 5.69. The van der Waals surface area contributed by atoms with Gasteiger partial charge in [0, 0.05) is 36.9 Å². The fourth-order valence-electron chi connectivity index (χ4n) is 1.95. The fraction of sp³-hybridized carbons (Fsp3) is 0.727. The number of aromatic nitrogens is 2. The van der Waals surface area contributed by atoms with Gasteiger partial charge in [0.1, 0.15) is 0 Å². The summed E-state index contributed by atoms with van der Waals surface area (Å²) in [6, 6.07) is 0. The number of aryl methyl sites for hydroxylation is 1. The maximum absolute atomic E-state index is 4.26. The summed E-state index contributed by atoms with van der Waals surface area (Å²) in [4.78, 5) is 0. The molecule has 15 heavy (non-hydrogen) atoms. The van der Waals surface area contributed by atoms with Crippen LogP contribution in [-0.2, 0) is 13.1 Å². The molecule has 1 unspecified atom stereocenters. The Labute approximate surface area is 91.1 Å². The van der Waals surface area contributed by atoms with Crippen LogP contribution in [0.4, 0.5) is 0 Å². The Hall–Kier alpha value is -0.870. The minimum absolute atomic E-state index is 0.258. The molecule has 2 N–H and O–H groups in total. The molecular weight excluding hydrogens is 188 g/mol. The standard InChI is InChI=1S/C11H20N4/c1-3-15-8-10(7-14-15)6-13-11(2)4-5-12-9-11/h7-8,12-13H,3-6,9H2,1-2H3. The summed E-state index contributed by atoms with van der Waals surface area (Å²) in [6.45, 7) is 8.42. The highest BCUT2D eigenvalue weighted by Gasteiger charge is 2.27. The van der Waals surface area contributed by atoms with Crippen LogP contribution in [0, 0.1) is 0 Å². The molecule has 84 valence electrons. The van der Waals surface area contributed by atoms with Crippen LogP contribution in [0.15, 0.2) is 12.4 Å². The van der Waals surface area contributed by atoms with Gasteiger partial charge in [-0.2, -0.15) is 5.10 Å². The van der Waals surface area contributed by atoms with E-state index in [1.165, 1.54) is 12.0 Å². The number of rotatable bonds is 4. The largest absolute Gasteiger partial charge is 0.315 e. The zero-order valence-corrected chi connectivity index (χ0v) is 9.58. The number of hydrogen-bond donors (Lipinski definition) is 2. The van der Waals surface area contributed by atoms with Gasteiger partial charge in [0.15, 0.2) is 0 Å². The third-order valence-electron chi connectivity index (χ3n) is 3.10. The number of hydrogen-bond acceptors (Lipinski definition) is 3. The van der Waals surface area contributed by atoms with E-state index >= 15 is 0 Å². The lowest BCUT2D eigenvalue weighted by Crippen LogP contribution is -2.43. The smallest absolute Gasteiger partial charge is 0.0534 e. The molecule has 1 aromatic rings. The van der Waals surface area contributed by atoms with Crippen molar-refractivity contribution in [2.24, 2.45) is 0 Å². The van der Waals surface area contributed by atoms with Crippen molar-refractivity contribution < 1.29 is 0 Å². The van der Waals surface area contributed by atoms with E-state index in [4.69, 9.17) is 0 Å². The summed E-state index contributed by atoms with van der Waals surface area (Å²) in [5, 5.41) is 11.2. The summed E-state index contributed by atoms with van der Waals surface area (Å²) in [7, 11) is 0. The first-order chi connectivity index (χ1) is 7.22. The van der Waals surface area contributed by atoms with Crippen LogP contribution in [0.25, 0.3) is 0 Å². The quantitative estimate of drug-likeness (QED) is 0.767. The maximum atomic E-state index is 4.26. The molecule has 1 fully saturated rings. The first-order valence-electron chi connectivity index (χ1n) is 5.69. The van der Waals surface area contributed by atoms with Gasteiger partial charge in [-0.25, -0.2) is 0 Å². The average molecular weight is 208 g/mol. The van der Waals surface area contributed by atoms with Gasteiger partial charge in [0.2, 0.25) is 0 Å². The molecule has 0 aliphatic carbocycles. The molecule has 0 bridgehead atoms. The summed E-state index contributed by atoms with van der Waals surface area (Å²) in [6.07, 6.45) is 5.26. The van der Waals surface area contributed by atoms with Crippen molar-refractivity contribution >= 4 is 0 Å². The molecule has 0 saturated carbocycles. The highest BCUT2D eigenvalue weighted by molar-refractivity contribution is 5.05. The van der Waals surface area contributed by atoms with Gasteiger partial charge >= 0.3 is 0 Å². The van der Waals surface area contributed by atoms with Crippen LogP contribution in [-0.4, -0.2) is 28.4 Å². The second-order valence-corrected chi connectivity index (χ2v) is 4.55. The van der Waals surface area contributed by atoms with E-state index in [0.717, 1.165) is 26.2 Å². The van der Waals surface area contributed by atoms with Gasteiger partial charge < -0.3 is 10.6 Å². The van der Waals surface area contributed by atoms with Crippen molar-refractivity contribution in [1.29, 1.82) is 0 Å². The van der Waals surface area contributed by atoms with Gasteiger partial charge in [0.25, 0.3) is 0 Å². The third kappa shape index (κ3) is 2.58. The molecule has 1 aliphatic heterocycles. The molecule has 2 rings (SSSR count). The lowest BCUT2D eigenvalue weighted by atomic mass is 10.0. The van der Waals surface area contributed by atoms with Crippen LogP contribution >= 0.6 is 0 Å². The van der Waals surface area contributed by atoms with Gasteiger partial charge in [-0.05, 0) is 26.8 Å². The molecule has 0 spiro atoms. The SMILES string of the molecule is CCn1cc(CNC2(C)CCNC2)cn1. The van der Waals surface area contributed by atoms with E-state index in [1.54, 1.807) is 0 Å². The normalized spacial score (nSPS) is 26.0. The van der Waals surface area contributed by atoms with Gasteiger partial charge in [-0.15, -0.1) is 0 Å². The Bertz CT molecular complexity index is 312. The molecule has 1 atom stereocenters. The molecule has 2 heterocycles. The Morgan fingerprint density at radius 2 is 2.53 bits per heavy atom. The topological polar surface area (TPSA) is 41.9 Å². The average Bonchev–Trinajstić information content (AvgIpc) is 2.84. The Kier molecular flexibility index (Phi) is 3.07. The van der Waals surface area contributed by atoms with Crippen LogP contribution in [0.1, 0.15) is 25.8 Å². The zero-order valence-electron chi connectivity index (χ0n) is 9.58. The molecule has 1 aliphatic rings. The minimum atomic E-state index is 0.258. The molecule has 0 amide bonds. The van der Waals surface area contributed by atoms with Crippen molar-refractivity contribution in [3.8, 4) is 0 Å². The summed E-state index contributed by atoms with van der Waals surface area (Å²) in [5.41, 5.74) is 1.53. The van der Waals surface area contributed by atoms with Crippen molar-refractivity contribution in [1.82, 2.24) is 20.4 Å². The second-order valence-electron chi connectivity index (χ2n) is 4.55. The van der Waals surface area contributed by atoms with Gasteiger partial charge in [0.05, 0.1) is 6.20 Å². The predicted molar refractivity (Wildman–Crippen MR) is 60.6 cm³/mol. The Morgan fingerprint density at radius 3 is 3.13 bits per heavy atom. The maximum Gasteiger partial charge on any atom is 0.0534 e. The van der Waals surface area contributed by atoms with E-state index in [9.17, 15) is 0 Å². The van der Waals surface area contributed by atoms with E-state index in [0.29, 0.717) is 0 Å². The Morgan fingerprint density at radius 1 is 1.67 bits per heavy atom. The second kappa shape index (κ2) is 4.33. The third-order valence-corrected chi connectivity index (χ3v) is 3.10. The van der Waals surface area contributed by atoms with Crippen LogP contribution < -0.4 is 10.6 Å². The predicted octanol–water partition coefficient (Wildman–Crippen LogP) is 0.745. The van der Waals surface area contributed by atoms with Crippen molar-refractivity contribution in [2.45, 2.75) is 38.9 Å². The summed E-state index contributed by atoms with van der Waals surface area (Å²) in [5.74, 6) is 0. The first kappa shape index (κ1) is 10.6. The summed E-state index contributed by atoms with van der Waals surface area (Å²) >= 11 is 0. The van der Waals surface area contributed by atoms with E-state index < -0.39 is 0 Å². The molecule has 0 radical (unpaired) electrons. The molecule has 1 aromatic heterocycles. The van der Waals surface area contributed by atoms with E-state index in [1.807, 2.05) is 10.9 Å². The van der Waals surface area contributed by atoms with Gasteiger partial charge in [-0.3, -0.25) is 4.68 Å². The Balaban J connectivity index is 1.87. The van der Waals surface area contributed by atoms with Crippen molar-refractivity contribution in [3.05, 3.63) is 18.0 Å². The zero-order chi connectivity index (χ0) is 10.7. The highest BCUT2D eigenvalue weighted by atomic mass is 15.3. The lowest BCUT2D eigenvalue weighted by molar-refractivity contribution is 0.385. The van der Waals surface area contributed by atoms with Crippen LogP contribution in [0.3, 0.4) is 0 Å². The van der Waals surface area contributed by atoms with Crippen LogP contribution in [0.2, 0.25) is 0 Å². The van der Waals surface area contributed by atoms with E-state index in [-0.39, 0.29) is 5.54 Å². The van der Waals surface area contributed by atoms with Crippen molar-refractivity contribution in [3.63, 3.8) is 0 Å². The number of nitrogens with one attached hydrogen (secondary N) is 2. The van der Waals surface area contributed by atoms with E-state index in [2.05, 4.69) is 35.8 Å². The summed E-state index contributed by atoms with van der Waals surface area (Å²) < 4.78 is 1.96. The van der Waals surface area contributed by atoms with Crippen LogP contribution in [0.5, 0.6) is 0 Å². The fourth-order valence-corrected chi connectivity index (χ4v) is 1.95. The minimum Gasteiger partial charge on any atom is -0.315 e. The van der Waals surface area contributed by atoms with Crippen molar-refractivity contribution in [2.75, 3.05) is 13.1 Å². The number of nitrogens with zero attached hydrogens (tertiary/aromatic N) is 2. The highest BCUT2D eigenvalue weighted by Crippen LogP contribution is 2.14. The lowest BCUT2D eigenvalue weighted by Gasteiger charge is -2.24. The molecule has 4 nitrogen and oxygen atoms in total.